The third-order valence-electron chi connectivity index (χ3n) is 4.93. The summed E-state index contributed by atoms with van der Waals surface area (Å²) in [6.07, 6.45) is 4.57. The molecule has 1 heterocycles. The Hall–Kier alpha value is -2.27. The number of thioether (sulfide) groups is 1. The minimum atomic E-state index is -0.0726. The molecule has 28 heavy (non-hydrogen) atoms. The molecule has 2 amide bonds. The van der Waals surface area contributed by atoms with Crippen molar-refractivity contribution in [3.05, 3.63) is 59.7 Å². The topological polar surface area (TPSA) is 49.4 Å². The molecule has 1 fully saturated rings. The quantitative estimate of drug-likeness (QED) is 0.596. The van der Waals surface area contributed by atoms with Gasteiger partial charge in [0.2, 0.25) is 11.8 Å². The van der Waals surface area contributed by atoms with Crippen LogP contribution in [0.3, 0.4) is 0 Å². The molecule has 1 saturated heterocycles. The fraction of sp³-hybridized carbons (Fsp3) is 0.391. The van der Waals surface area contributed by atoms with Gasteiger partial charge in [-0.3, -0.25) is 14.5 Å². The molecule has 1 N–H and O–H groups in total. The lowest BCUT2D eigenvalue weighted by Crippen LogP contribution is -2.28. The summed E-state index contributed by atoms with van der Waals surface area (Å²) in [7, 11) is 0. The largest absolute Gasteiger partial charge is 0.326 e. The predicted octanol–water partition coefficient (Wildman–Crippen LogP) is 5.55. The first-order valence-electron chi connectivity index (χ1n) is 10.0. The number of benzene rings is 2. The van der Waals surface area contributed by atoms with Crippen LogP contribution >= 0.6 is 11.8 Å². The van der Waals surface area contributed by atoms with Gasteiger partial charge in [0.1, 0.15) is 5.37 Å². The zero-order valence-corrected chi connectivity index (χ0v) is 17.4. The highest BCUT2D eigenvalue weighted by molar-refractivity contribution is 8.00. The summed E-state index contributed by atoms with van der Waals surface area (Å²) in [6, 6.07) is 16.1. The third kappa shape index (κ3) is 4.96. The standard InChI is InChI=1S/C23H28N2O2S/c1-3-5-6-13-21(26)24-19-11-8-10-18(15-19)23-25(22(27)16-28-23)20-12-7-9-17(4-2)14-20/h7-12,14-15,23H,3-6,13,16H2,1-2H3,(H,24,26)/t23-/m0/s1. The number of carbonyl (C=O) groups excluding carboxylic acids is 2. The second-order valence-electron chi connectivity index (χ2n) is 7.08. The number of nitrogens with one attached hydrogen (secondary N) is 1. The third-order valence-corrected chi connectivity index (χ3v) is 6.14. The van der Waals surface area contributed by atoms with E-state index in [1.165, 1.54) is 5.56 Å². The van der Waals surface area contributed by atoms with Crippen LogP contribution in [-0.4, -0.2) is 17.6 Å². The summed E-state index contributed by atoms with van der Waals surface area (Å²) >= 11 is 1.63. The molecule has 148 valence electrons. The van der Waals surface area contributed by atoms with Crippen LogP contribution in [0.25, 0.3) is 0 Å². The van der Waals surface area contributed by atoms with E-state index in [0.29, 0.717) is 12.2 Å². The van der Waals surface area contributed by atoms with Crippen LogP contribution in [0.15, 0.2) is 48.5 Å². The highest BCUT2D eigenvalue weighted by Gasteiger charge is 2.34. The maximum Gasteiger partial charge on any atom is 0.238 e. The number of hydrogen-bond donors (Lipinski definition) is 1. The van der Waals surface area contributed by atoms with Crippen molar-refractivity contribution >= 4 is 35.0 Å². The van der Waals surface area contributed by atoms with E-state index in [1.54, 1.807) is 11.8 Å². The van der Waals surface area contributed by atoms with Crippen LogP contribution in [0.1, 0.15) is 56.0 Å². The molecule has 0 saturated carbocycles. The average Bonchev–Trinajstić information content (AvgIpc) is 3.10. The van der Waals surface area contributed by atoms with E-state index in [-0.39, 0.29) is 17.2 Å². The van der Waals surface area contributed by atoms with Crippen LogP contribution in [0, 0.1) is 0 Å². The van der Waals surface area contributed by atoms with Gasteiger partial charge in [0, 0.05) is 17.8 Å². The van der Waals surface area contributed by atoms with E-state index >= 15 is 0 Å². The van der Waals surface area contributed by atoms with Gasteiger partial charge in [0.25, 0.3) is 0 Å². The van der Waals surface area contributed by atoms with Crippen LogP contribution in [0.4, 0.5) is 11.4 Å². The molecule has 0 bridgehead atoms. The molecule has 3 rings (SSSR count). The Labute approximate surface area is 171 Å². The summed E-state index contributed by atoms with van der Waals surface area (Å²) in [4.78, 5) is 26.6. The smallest absolute Gasteiger partial charge is 0.238 e. The number of unbranched alkanes of at least 4 members (excludes halogenated alkanes) is 2. The van der Waals surface area contributed by atoms with Gasteiger partial charge in [-0.25, -0.2) is 0 Å². The lowest BCUT2D eigenvalue weighted by atomic mass is 10.1. The molecule has 0 aliphatic carbocycles. The number of amides is 2. The first-order valence-corrected chi connectivity index (χ1v) is 11.1. The van der Waals surface area contributed by atoms with Crippen LogP contribution in [-0.2, 0) is 16.0 Å². The SMILES string of the molecule is CCCCCC(=O)Nc1cccc([C@@H]2SCC(=O)N2c2cccc(CC)c2)c1. The van der Waals surface area contributed by atoms with Crippen molar-refractivity contribution in [2.75, 3.05) is 16.0 Å². The van der Waals surface area contributed by atoms with E-state index in [2.05, 4.69) is 31.3 Å². The summed E-state index contributed by atoms with van der Waals surface area (Å²) in [5.41, 5.74) is 3.98. The Morgan fingerprint density at radius 1 is 1.14 bits per heavy atom. The van der Waals surface area contributed by atoms with Crippen molar-refractivity contribution in [3.8, 4) is 0 Å². The Morgan fingerprint density at radius 2 is 1.96 bits per heavy atom. The van der Waals surface area contributed by atoms with Crippen molar-refractivity contribution in [1.82, 2.24) is 0 Å². The van der Waals surface area contributed by atoms with Gasteiger partial charge < -0.3 is 5.32 Å². The second-order valence-corrected chi connectivity index (χ2v) is 8.15. The van der Waals surface area contributed by atoms with Gasteiger partial charge in [-0.2, -0.15) is 0 Å². The number of carbonyl (C=O) groups is 2. The van der Waals surface area contributed by atoms with Crippen molar-refractivity contribution in [3.63, 3.8) is 0 Å². The van der Waals surface area contributed by atoms with Crippen LogP contribution in [0.2, 0.25) is 0 Å². The minimum Gasteiger partial charge on any atom is -0.326 e. The van der Waals surface area contributed by atoms with Crippen molar-refractivity contribution in [2.45, 2.75) is 51.3 Å². The summed E-state index contributed by atoms with van der Waals surface area (Å²) in [5, 5.41) is 2.92. The molecule has 1 aliphatic rings. The number of rotatable bonds is 8. The molecule has 4 nitrogen and oxygen atoms in total. The number of aryl methyl sites for hydroxylation is 1. The van der Waals surface area contributed by atoms with Crippen LogP contribution < -0.4 is 10.2 Å². The molecule has 2 aromatic rings. The van der Waals surface area contributed by atoms with Gasteiger partial charge in [-0.05, 0) is 48.2 Å². The molecular weight excluding hydrogens is 368 g/mol. The first-order chi connectivity index (χ1) is 13.6. The van der Waals surface area contributed by atoms with E-state index in [4.69, 9.17) is 0 Å². The molecule has 0 spiro atoms. The summed E-state index contributed by atoms with van der Waals surface area (Å²) in [5.74, 6) is 0.639. The fourth-order valence-corrected chi connectivity index (χ4v) is 4.57. The fourth-order valence-electron chi connectivity index (χ4n) is 3.41. The molecule has 1 atom stereocenters. The lowest BCUT2D eigenvalue weighted by molar-refractivity contribution is -0.117. The highest BCUT2D eigenvalue weighted by atomic mass is 32.2. The number of nitrogens with zero attached hydrogens (tertiary/aromatic N) is 1. The van der Waals surface area contributed by atoms with E-state index in [0.717, 1.165) is 42.6 Å². The monoisotopic (exact) mass is 396 g/mol. The van der Waals surface area contributed by atoms with Gasteiger partial charge in [0.15, 0.2) is 0 Å². The highest BCUT2D eigenvalue weighted by Crippen LogP contribution is 2.42. The zero-order chi connectivity index (χ0) is 19.9. The van der Waals surface area contributed by atoms with Crippen molar-refractivity contribution < 1.29 is 9.59 Å². The maximum atomic E-state index is 12.6. The van der Waals surface area contributed by atoms with Crippen LogP contribution in [0.5, 0.6) is 0 Å². The molecule has 5 heteroatoms. The zero-order valence-electron chi connectivity index (χ0n) is 16.6. The number of anilines is 2. The van der Waals surface area contributed by atoms with Gasteiger partial charge >= 0.3 is 0 Å². The van der Waals surface area contributed by atoms with E-state index in [1.807, 2.05) is 41.3 Å². The average molecular weight is 397 g/mol. The van der Waals surface area contributed by atoms with E-state index < -0.39 is 0 Å². The predicted molar refractivity (Wildman–Crippen MR) is 118 cm³/mol. The molecule has 0 unspecified atom stereocenters. The van der Waals surface area contributed by atoms with Crippen molar-refractivity contribution in [1.29, 1.82) is 0 Å². The Morgan fingerprint density at radius 3 is 2.75 bits per heavy atom. The normalized spacial score (nSPS) is 16.4. The lowest BCUT2D eigenvalue weighted by Gasteiger charge is -2.25. The molecule has 1 aliphatic heterocycles. The summed E-state index contributed by atoms with van der Waals surface area (Å²) in [6.45, 7) is 4.24. The van der Waals surface area contributed by atoms with Crippen molar-refractivity contribution in [2.24, 2.45) is 0 Å². The summed E-state index contributed by atoms with van der Waals surface area (Å²) < 4.78 is 0. The Kier molecular flexibility index (Phi) is 7.15. The molecule has 2 aromatic carbocycles. The maximum absolute atomic E-state index is 12.6. The second kappa shape index (κ2) is 9.78. The molecule has 0 aromatic heterocycles. The minimum absolute atomic E-state index is 0.0493. The van der Waals surface area contributed by atoms with Gasteiger partial charge in [0.05, 0.1) is 5.75 Å². The van der Waals surface area contributed by atoms with Gasteiger partial charge in [-0.1, -0.05) is 51.0 Å². The Balaban J connectivity index is 1.78. The molecule has 0 radical (unpaired) electrons. The molecular formula is C23H28N2O2S. The first kappa shape index (κ1) is 20.5. The Bertz CT molecular complexity index is 837. The number of hydrogen-bond acceptors (Lipinski definition) is 3. The van der Waals surface area contributed by atoms with Gasteiger partial charge in [-0.15, -0.1) is 11.8 Å². The van der Waals surface area contributed by atoms with E-state index in [9.17, 15) is 9.59 Å².